The number of unbranched alkanes of at least 4 members (excludes halogenated alkanes) is 5. The molecule has 1 aromatic rings. The van der Waals surface area contributed by atoms with Gasteiger partial charge in [-0.2, -0.15) is 0 Å². The van der Waals surface area contributed by atoms with Gasteiger partial charge in [-0.3, -0.25) is 4.79 Å². The lowest BCUT2D eigenvalue weighted by Crippen LogP contribution is -2.44. The summed E-state index contributed by atoms with van der Waals surface area (Å²) >= 11 is 0. The van der Waals surface area contributed by atoms with Gasteiger partial charge in [0.15, 0.2) is 0 Å². The van der Waals surface area contributed by atoms with Crippen molar-refractivity contribution in [1.29, 1.82) is 0 Å². The lowest BCUT2D eigenvalue weighted by Gasteiger charge is -2.29. The molecule has 6 heteroatoms. The predicted octanol–water partition coefficient (Wildman–Crippen LogP) is 4.14. The maximum absolute atomic E-state index is 12.6. The number of carbonyl (C=O) groups excluding carboxylic acids is 2. The number of ether oxygens (including phenoxy) is 1. The molecule has 1 aliphatic rings. The molecule has 0 bridgehead atoms. The molecule has 0 saturated heterocycles. The molecule has 1 heterocycles. The monoisotopic (exact) mass is 360 g/mol. The fraction of sp³-hybridized carbons (Fsp3) is 0.550. The summed E-state index contributed by atoms with van der Waals surface area (Å²) in [6.45, 7) is 4.21. The number of hydrogen-bond donors (Lipinski definition) is 2. The van der Waals surface area contributed by atoms with Crippen LogP contribution in [0.3, 0.4) is 0 Å². The van der Waals surface area contributed by atoms with Gasteiger partial charge in [0.05, 0.1) is 12.6 Å². The number of phenols is 1. The Kier molecular flexibility index (Phi) is 7.63. The zero-order valence-electron chi connectivity index (χ0n) is 15.5. The van der Waals surface area contributed by atoms with E-state index in [-0.39, 0.29) is 5.75 Å². The number of phenolic OH excluding ortho intramolecular Hbond substituents is 1. The van der Waals surface area contributed by atoms with E-state index >= 15 is 0 Å². The third-order valence-electron chi connectivity index (χ3n) is 4.57. The Morgan fingerprint density at radius 2 is 1.96 bits per heavy atom. The van der Waals surface area contributed by atoms with Gasteiger partial charge in [-0.05, 0) is 31.0 Å². The summed E-state index contributed by atoms with van der Waals surface area (Å²) in [5.74, 6) is -1.00. The van der Waals surface area contributed by atoms with Gasteiger partial charge in [0.2, 0.25) is 0 Å². The van der Waals surface area contributed by atoms with Crippen molar-refractivity contribution < 1.29 is 19.4 Å². The second kappa shape index (κ2) is 9.94. The number of aliphatic imine (C=N–C) groups is 1. The van der Waals surface area contributed by atoms with Gasteiger partial charge in [-0.25, -0.2) is 9.79 Å². The highest BCUT2D eigenvalue weighted by Crippen LogP contribution is 2.29. The number of esters is 1. The Morgan fingerprint density at radius 3 is 2.69 bits per heavy atom. The van der Waals surface area contributed by atoms with Crippen LogP contribution in [0, 0.1) is 5.92 Å². The highest BCUT2D eigenvalue weighted by Gasteiger charge is 2.38. The average Bonchev–Trinajstić information content (AvgIpc) is 2.60. The number of urea groups is 1. The topological polar surface area (TPSA) is 88.0 Å². The van der Waals surface area contributed by atoms with Crippen LogP contribution in [0.15, 0.2) is 29.3 Å². The first-order valence-electron chi connectivity index (χ1n) is 9.34. The van der Waals surface area contributed by atoms with E-state index in [4.69, 9.17) is 4.74 Å². The average molecular weight is 360 g/mol. The highest BCUT2D eigenvalue weighted by molar-refractivity contribution is 6.08. The molecular formula is C20H28N2O4. The van der Waals surface area contributed by atoms with E-state index < -0.39 is 24.0 Å². The smallest absolute Gasteiger partial charge is 0.341 e. The van der Waals surface area contributed by atoms with Gasteiger partial charge in [0.25, 0.3) is 0 Å². The Bertz CT molecular complexity index is 657. The minimum atomic E-state index is -0.686. The summed E-state index contributed by atoms with van der Waals surface area (Å²) in [4.78, 5) is 28.2. The fourth-order valence-electron chi connectivity index (χ4n) is 3.17. The van der Waals surface area contributed by atoms with Gasteiger partial charge < -0.3 is 15.2 Å². The summed E-state index contributed by atoms with van der Waals surface area (Å²) in [7, 11) is 0. The Morgan fingerprint density at radius 1 is 1.23 bits per heavy atom. The molecule has 0 spiro atoms. The quantitative estimate of drug-likeness (QED) is 0.512. The van der Waals surface area contributed by atoms with Crippen LogP contribution in [0.1, 0.15) is 64.0 Å². The van der Waals surface area contributed by atoms with E-state index in [1.807, 2.05) is 0 Å². The van der Waals surface area contributed by atoms with Gasteiger partial charge in [0, 0.05) is 5.71 Å². The number of aromatic hydroxyl groups is 1. The third kappa shape index (κ3) is 5.58. The number of amides is 2. The van der Waals surface area contributed by atoms with Crippen molar-refractivity contribution in [1.82, 2.24) is 5.32 Å². The first-order chi connectivity index (χ1) is 12.5. The van der Waals surface area contributed by atoms with Crippen LogP contribution in [0.25, 0.3) is 0 Å². The molecule has 2 rings (SSSR count). The SMILES string of the molecule is CCCCCCCCOC(=O)C1C(C)=NC(=O)NC1c1cccc(O)c1. The van der Waals surface area contributed by atoms with E-state index in [0.717, 1.165) is 19.3 Å². The summed E-state index contributed by atoms with van der Waals surface area (Å²) in [5.41, 5.74) is 1.07. The van der Waals surface area contributed by atoms with Crippen molar-refractivity contribution >= 4 is 17.7 Å². The molecule has 0 radical (unpaired) electrons. The largest absolute Gasteiger partial charge is 0.508 e. The lowest BCUT2D eigenvalue weighted by molar-refractivity contribution is -0.147. The van der Waals surface area contributed by atoms with Crippen molar-refractivity contribution in [3.05, 3.63) is 29.8 Å². The maximum atomic E-state index is 12.6. The highest BCUT2D eigenvalue weighted by atomic mass is 16.5. The first-order valence-corrected chi connectivity index (χ1v) is 9.34. The van der Waals surface area contributed by atoms with Crippen molar-refractivity contribution in [2.24, 2.45) is 10.9 Å². The van der Waals surface area contributed by atoms with Crippen molar-refractivity contribution in [2.45, 2.75) is 58.4 Å². The van der Waals surface area contributed by atoms with Crippen molar-refractivity contribution in [3.63, 3.8) is 0 Å². The summed E-state index contributed by atoms with van der Waals surface area (Å²) in [5, 5.41) is 12.4. The molecular weight excluding hydrogens is 332 g/mol. The molecule has 0 aromatic heterocycles. The number of hydrogen-bond acceptors (Lipinski definition) is 4. The molecule has 2 N–H and O–H groups in total. The van der Waals surface area contributed by atoms with Gasteiger partial charge in [-0.15, -0.1) is 0 Å². The number of carbonyl (C=O) groups is 2. The molecule has 2 unspecified atom stereocenters. The van der Waals surface area contributed by atoms with Gasteiger partial charge >= 0.3 is 12.0 Å². The van der Waals surface area contributed by atoms with Crippen LogP contribution in [-0.4, -0.2) is 29.4 Å². The molecule has 1 aromatic carbocycles. The van der Waals surface area contributed by atoms with Gasteiger partial charge in [-0.1, -0.05) is 51.2 Å². The fourth-order valence-corrected chi connectivity index (χ4v) is 3.17. The summed E-state index contributed by atoms with van der Waals surface area (Å²) in [6.07, 6.45) is 6.68. The van der Waals surface area contributed by atoms with Crippen LogP contribution in [0.5, 0.6) is 5.75 Å². The molecule has 26 heavy (non-hydrogen) atoms. The van der Waals surface area contributed by atoms with E-state index in [1.165, 1.54) is 25.3 Å². The predicted molar refractivity (Wildman–Crippen MR) is 100 cm³/mol. The molecule has 6 nitrogen and oxygen atoms in total. The minimum absolute atomic E-state index is 0.0797. The molecule has 0 saturated carbocycles. The maximum Gasteiger partial charge on any atom is 0.341 e. The summed E-state index contributed by atoms with van der Waals surface area (Å²) in [6, 6.07) is 5.44. The zero-order valence-corrected chi connectivity index (χ0v) is 15.5. The second-order valence-corrected chi connectivity index (χ2v) is 6.69. The first kappa shape index (κ1) is 19.9. The molecule has 2 atom stereocenters. The Labute approximate surface area is 154 Å². The molecule has 0 fully saturated rings. The van der Waals surface area contributed by atoms with Crippen LogP contribution < -0.4 is 5.32 Å². The van der Waals surface area contributed by atoms with E-state index in [0.29, 0.717) is 17.9 Å². The zero-order chi connectivity index (χ0) is 18.9. The van der Waals surface area contributed by atoms with E-state index in [1.54, 1.807) is 25.1 Å². The van der Waals surface area contributed by atoms with E-state index in [9.17, 15) is 14.7 Å². The molecule has 2 amide bonds. The lowest BCUT2D eigenvalue weighted by atomic mass is 9.88. The summed E-state index contributed by atoms with van der Waals surface area (Å²) < 4.78 is 5.44. The number of benzene rings is 1. The number of nitrogens with one attached hydrogen (secondary N) is 1. The molecule has 1 aliphatic heterocycles. The standard InChI is InChI=1S/C20H28N2O4/c1-3-4-5-6-7-8-12-26-19(24)17-14(2)21-20(25)22-18(17)15-10-9-11-16(23)13-15/h9-11,13,17-18,23H,3-8,12H2,1-2H3,(H,22,25). The van der Waals surface area contributed by atoms with Gasteiger partial charge in [0.1, 0.15) is 11.7 Å². The molecule has 142 valence electrons. The Balaban J connectivity index is 1.97. The second-order valence-electron chi connectivity index (χ2n) is 6.69. The molecule has 0 aliphatic carbocycles. The van der Waals surface area contributed by atoms with Crippen molar-refractivity contribution in [2.75, 3.05) is 6.61 Å². The van der Waals surface area contributed by atoms with Crippen molar-refractivity contribution in [3.8, 4) is 5.75 Å². The third-order valence-corrected chi connectivity index (χ3v) is 4.57. The van der Waals surface area contributed by atoms with Crippen LogP contribution in [0.4, 0.5) is 4.79 Å². The number of rotatable bonds is 9. The van der Waals surface area contributed by atoms with Crippen LogP contribution in [0.2, 0.25) is 0 Å². The number of nitrogens with zero attached hydrogens (tertiary/aromatic N) is 1. The Hall–Kier alpha value is -2.37. The minimum Gasteiger partial charge on any atom is -0.508 e. The van der Waals surface area contributed by atoms with Crippen LogP contribution >= 0.6 is 0 Å². The van der Waals surface area contributed by atoms with E-state index in [2.05, 4.69) is 17.2 Å². The normalized spacial score (nSPS) is 19.6. The van der Waals surface area contributed by atoms with Crippen LogP contribution in [-0.2, 0) is 9.53 Å².